The molecular formula is C21H20BrClN2O4. The van der Waals surface area contributed by atoms with Gasteiger partial charge >= 0.3 is 12.2 Å². The van der Waals surface area contributed by atoms with Crippen LogP contribution in [0.5, 0.6) is 0 Å². The number of hydrogen-bond donors (Lipinski definition) is 0. The van der Waals surface area contributed by atoms with Gasteiger partial charge in [-0.15, -0.1) is 0 Å². The quantitative estimate of drug-likeness (QED) is 0.648. The average Bonchev–Trinajstić information content (AvgIpc) is 3.04. The highest BCUT2D eigenvalue weighted by atomic mass is 79.9. The molecule has 2 aliphatic rings. The molecular weight excluding hydrogens is 460 g/mol. The molecule has 0 aliphatic carbocycles. The molecule has 0 radical (unpaired) electrons. The normalized spacial score (nSPS) is 18.0. The predicted octanol–water partition coefficient (Wildman–Crippen LogP) is 4.51. The molecule has 2 heterocycles. The van der Waals surface area contributed by atoms with Crippen molar-refractivity contribution in [1.82, 2.24) is 4.90 Å². The molecule has 8 heteroatoms. The summed E-state index contributed by atoms with van der Waals surface area (Å²) in [6, 6.07) is 15.8. The minimum Gasteiger partial charge on any atom is -0.441 e. The molecule has 0 aromatic heterocycles. The third kappa shape index (κ3) is 5.25. The Morgan fingerprint density at radius 2 is 1.76 bits per heavy atom. The van der Waals surface area contributed by atoms with Crippen LogP contribution >= 0.6 is 27.5 Å². The van der Waals surface area contributed by atoms with Crippen LogP contribution in [0.4, 0.5) is 10.5 Å². The Morgan fingerprint density at radius 1 is 1.10 bits per heavy atom. The zero-order valence-electron chi connectivity index (χ0n) is 15.6. The molecule has 0 saturated carbocycles. The van der Waals surface area contributed by atoms with Crippen molar-refractivity contribution in [2.24, 2.45) is 0 Å². The summed E-state index contributed by atoms with van der Waals surface area (Å²) in [5, 5.41) is 0.727. The maximum atomic E-state index is 12.4. The monoisotopic (exact) mass is 478 g/mol. The first kappa shape index (κ1) is 21.5. The van der Waals surface area contributed by atoms with Crippen molar-refractivity contribution in [3.8, 4) is 0 Å². The van der Waals surface area contributed by atoms with Crippen molar-refractivity contribution >= 4 is 45.5 Å². The van der Waals surface area contributed by atoms with Crippen molar-refractivity contribution in [1.29, 1.82) is 0 Å². The summed E-state index contributed by atoms with van der Waals surface area (Å²) in [6.07, 6.45) is 1.74. The van der Waals surface area contributed by atoms with Gasteiger partial charge in [0, 0.05) is 42.6 Å². The molecule has 2 aliphatic heterocycles. The standard InChI is InChI=1S/C20H20BrClN2O2.CO2/c21-17-12-15(6-7-18(17)22)13-23-10-8-20(9-11-23)14-24(19(25)26-20)16-4-2-1-3-5-16;2-1-3/h1-7,12H,8-11,13-14H2;. The highest BCUT2D eigenvalue weighted by Crippen LogP contribution is 2.36. The van der Waals surface area contributed by atoms with Crippen LogP contribution in [-0.2, 0) is 20.9 Å². The zero-order chi connectivity index (χ0) is 20.9. The van der Waals surface area contributed by atoms with Crippen LogP contribution in [-0.4, -0.2) is 42.4 Å². The first-order chi connectivity index (χ1) is 14.0. The number of carbonyl (C=O) groups is 1. The third-order valence-corrected chi connectivity index (χ3v) is 6.41. The second-order valence-corrected chi connectivity index (χ2v) is 8.34. The van der Waals surface area contributed by atoms with Crippen LogP contribution in [0.3, 0.4) is 0 Å². The summed E-state index contributed by atoms with van der Waals surface area (Å²) >= 11 is 9.55. The molecule has 0 atom stereocenters. The van der Waals surface area contributed by atoms with E-state index < -0.39 is 0 Å². The molecule has 152 valence electrons. The number of hydrogen-bond acceptors (Lipinski definition) is 5. The van der Waals surface area contributed by atoms with Crippen molar-refractivity contribution in [3.63, 3.8) is 0 Å². The molecule has 2 aromatic rings. The van der Waals surface area contributed by atoms with Gasteiger partial charge in [-0.25, -0.2) is 4.79 Å². The highest BCUT2D eigenvalue weighted by Gasteiger charge is 2.47. The Labute approximate surface area is 182 Å². The third-order valence-electron chi connectivity index (χ3n) is 5.20. The van der Waals surface area contributed by atoms with Gasteiger partial charge in [-0.2, -0.15) is 9.59 Å². The summed E-state index contributed by atoms with van der Waals surface area (Å²) < 4.78 is 6.75. The molecule has 0 bridgehead atoms. The summed E-state index contributed by atoms with van der Waals surface area (Å²) in [7, 11) is 0. The molecule has 0 unspecified atom stereocenters. The molecule has 4 rings (SSSR count). The second kappa shape index (κ2) is 9.55. The Kier molecular flexibility index (Phi) is 7.09. The van der Waals surface area contributed by atoms with Crippen molar-refractivity contribution in [3.05, 3.63) is 63.6 Å². The molecule has 2 fully saturated rings. The minimum absolute atomic E-state index is 0.230. The maximum Gasteiger partial charge on any atom is 0.415 e. The number of para-hydroxylation sites is 1. The van der Waals surface area contributed by atoms with Crippen molar-refractivity contribution in [2.75, 3.05) is 24.5 Å². The van der Waals surface area contributed by atoms with E-state index in [-0.39, 0.29) is 17.8 Å². The lowest BCUT2D eigenvalue weighted by Gasteiger charge is -2.37. The van der Waals surface area contributed by atoms with Gasteiger partial charge in [0.1, 0.15) is 5.60 Å². The Morgan fingerprint density at radius 3 is 2.38 bits per heavy atom. The van der Waals surface area contributed by atoms with Crippen LogP contribution in [0.1, 0.15) is 18.4 Å². The summed E-state index contributed by atoms with van der Waals surface area (Å²) in [5.74, 6) is 0. The Hall–Kier alpha value is -2.18. The molecule has 1 spiro atoms. The smallest absolute Gasteiger partial charge is 0.415 e. The first-order valence-corrected chi connectivity index (χ1v) is 10.3. The number of nitrogens with zero attached hydrogens (tertiary/aromatic N) is 2. The van der Waals surface area contributed by atoms with E-state index in [4.69, 9.17) is 25.9 Å². The van der Waals surface area contributed by atoms with E-state index in [1.807, 2.05) is 36.4 Å². The van der Waals surface area contributed by atoms with E-state index in [1.54, 1.807) is 4.90 Å². The topological polar surface area (TPSA) is 66.9 Å². The van der Waals surface area contributed by atoms with Crippen LogP contribution in [0, 0.1) is 0 Å². The fourth-order valence-corrected chi connectivity index (χ4v) is 4.25. The van der Waals surface area contributed by atoms with Crippen molar-refractivity contribution < 1.29 is 19.1 Å². The maximum absolute atomic E-state index is 12.4. The van der Waals surface area contributed by atoms with E-state index >= 15 is 0 Å². The van der Waals surface area contributed by atoms with Gasteiger partial charge in [0.15, 0.2) is 0 Å². The van der Waals surface area contributed by atoms with Gasteiger partial charge in [-0.05, 0) is 45.8 Å². The number of amides is 1. The number of piperidine rings is 1. The van der Waals surface area contributed by atoms with E-state index in [0.717, 1.165) is 47.7 Å². The van der Waals surface area contributed by atoms with Crippen LogP contribution in [0.25, 0.3) is 0 Å². The number of halogens is 2. The zero-order valence-corrected chi connectivity index (χ0v) is 18.0. The van der Waals surface area contributed by atoms with Gasteiger partial charge in [-0.3, -0.25) is 9.80 Å². The number of rotatable bonds is 3. The van der Waals surface area contributed by atoms with E-state index in [9.17, 15) is 4.79 Å². The highest BCUT2D eigenvalue weighted by molar-refractivity contribution is 9.10. The number of anilines is 1. The van der Waals surface area contributed by atoms with Crippen LogP contribution < -0.4 is 4.90 Å². The molecule has 6 nitrogen and oxygen atoms in total. The van der Waals surface area contributed by atoms with Crippen LogP contribution in [0.2, 0.25) is 5.02 Å². The number of likely N-dealkylation sites (tertiary alicyclic amines) is 1. The van der Waals surface area contributed by atoms with Crippen LogP contribution in [0.15, 0.2) is 53.0 Å². The number of benzene rings is 2. The Balaban J connectivity index is 0.000000755. The molecule has 29 heavy (non-hydrogen) atoms. The SMILES string of the molecule is O=C1OC2(CCN(Cc3ccc(Cl)c(Br)c3)CC2)CN1c1ccccc1.O=C=O. The summed E-state index contributed by atoms with van der Waals surface area (Å²) in [4.78, 5) is 32.8. The number of carbonyl (C=O) groups excluding carboxylic acids is 3. The first-order valence-electron chi connectivity index (χ1n) is 9.17. The molecule has 1 amide bonds. The lowest BCUT2D eigenvalue weighted by molar-refractivity contribution is -0.191. The average molecular weight is 480 g/mol. The van der Waals surface area contributed by atoms with Gasteiger partial charge < -0.3 is 4.74 Å². The summed E-state index contributed by atoms with van der Waals surface area (Å²) in [6.45, 7) is 3.34. The molecule has 2 saturated heterocycles. The van der Waals surface area contributed by atoms with Gasteiger partial charge in [0.2, 0.25) is 0 Å². The lowest BCUT2D eigenvalue weighted by atomic mass is 9.91. The van der Waals surface area contributed by atoms with Crippen molar-refractivity contribution in [2.45, 2.75) is 25.0 Å². The van der Waals surface area contributed by atoms with Gasteiger partial charge in [0.05, 0.1) is 11.6 Å². The van der Waals surface area contributed by atoms with E-state index in [1.165, 1.54) is 5.56 Å². The van der Waals surface area contributed by atoms with E-state index in [0.29, 0.717) is 6.54 Å². The second-order valence-electron chi connectivity index (χ2n) is 7.08. The molecule has 2 aromatic carbocycles. The molecule has 0 N–H and O–H groups in total. The largest absolute Gasteiger partial charge is 0.441 e. The van der Waals surface area contributed by atoms with Gasteiger partial charge in [-0.1, -0.05) is 35.9 Å². The lowest BCUT2D eigenvalue weighted by Crippen LogP contribution is -2.46. The fraction of sp³-hybridized carbons (Fsp3) is 0.333. The summed E-state index contributed by atoms with van der Waals surface area (Å²) in [5.41, 5.74) is 1.78. The Bertz CT molecular complexity index is 895. The minimum atomic E-state index is -0.357. The van der Waals surface area contributed by atoms with Gasteiger partial charge in [0.25, 0.3) is 0 Å². The fourth-order valence-electron chi connectivity index (χ4n) is 3.70. The predicted molar refractivity (Wildman–Crippen MR) is 112 cm³/mol. The number of ether oxygens (including phenoxy) is 1. The van der Waals surface area contributed by atoms with E-state index in [2.05, 4.69) is 33.0 Å².